The molecule has 0 aromatic heterocycles. The monoisotopic (exact) mass is 357 g/mol. The van der Waals surface area contributed by atoms with E-state index in [9.17, 15) is 9.59 Å². The van der Waals surface area contributed by atoms with Gasteiger partial charge in [0, 0.05) is 10.0 Å². The molecule has 1 aliphatic rings. The molecule has 1 fully saturated rings. The molecular formula is C14H17Cl2N5O2. The summed E-state index contributed by atoms with van der Waals surface area (Å²) in [6.45, 7) is 2.32. The van der Waals surface area contributed by atoms with Gasteiger partial charge in [0.2, 0.25) is 5.91 Å². The van der Waals surface area contributed by atoms with Crippen molar-refractivity contribution in [2.75, 3.05) is 19.6 Å². The van der Waals surface area contributed by atoms with E-state index in [-0.39, 0.29) is 37.5 Å². The van der Waals surface area contributed by atoms with E-state index < -0.39 is 6.03 Å². The molecule has 9 heteroatoms. The molecule has 4 N–H and O–H groups in total. The lowest BCUT2D eigenvalue weighted by Crippen LogP contribution is -2.36. The first-order valence-corrected chi connectivity index (χ1v) is 7.73. The fraction of sp³-hybridized carbons (Fsp3) is 0.357. The number of urea groups is 1. The molecule has 1 saturated heterocycles. The largest absolute Gasteiger partial charge is 0.370 e. The van der Waals surface area contributed by atoms with Crippen molar-refractivity contribution in [2.45, 2.75) is 13.0 Å². The van der Waals surface area contributed by atoms with Gasteiger partial charge in [0.25, 0.3) is 0 Å². The van der Waals surface area contributed by atoms with Gasteiger partial charge in [-0.3, -0.25) is 14.7 Å². The Labute approximate surface area is 143 Å². The zero-order valence-corrected chi connectivity index (χ0v) is 14.0. The molecule has 1 aromatic rings. The van der Waals surface area contributed by atoms with E-state index in [0.717, 1.165) is 10.5 Å². The van der Waals surface area contributed by atoms with Gasteiger partial charge >= 0.3 is 6.03 Å². The average Bonchev–Trinajstić information content (AvgIpc) is 2.78. The van der Waals surface area contributed by atoms with Gasteiger partial charge < -0.3 is 16.4 Å². The molecule has 124 valence electrons. The Kier molecular flexibility index (Phi) is 5.68. The van der Waals surface area contributed by atoms with E-state index in [2.05, 4.69) is 15.6 Å². The summed E-state index contributed by atoms with van der Waals surface area (Å²) in [5, 5.41) is 6.53. The topological polar surface area (TPSA) is 99.8 Å². The van der Waals surface area contributed by atoms with Crippen LogP contribution < -0.4 is 16.4 Å². The minimum Gasteiger partial charge on any atom is -0.370 e. The summed E-state index contributed by atoms with van der Waals surface area (Å²) < 4.78 is 0. The van der Waals surface area contributed by atoms with Crippen molar-refractivity contribution in [3.05, 3.63) is 33.8 Å². The van der Waals surface area contributed by atoms with Crippen molar-refractivity contribution in [1.29, 1.82) is 0 Å². The predicted molar refractivity (Wildman–Crippen MR) is 89.6 cm³/mol. The molecule has 1 unspecified atom stereocenters. The molecule has 1 heterocycles. The number of nitrogens with one attached hydrogen (secondary N) is 2. The highest BCUT2D eigenvalue weighted by Crippen LogP contribution is 2.25. The molecule has 1 aliphatic heterocycles. The smallest absolute Gasteiger partial charge is 0.324 e. The summed E-state index contributed by atoms with van der Waals surface area (Å²) in [5.74, 6) is -0.0615. The number of hydrogen-bond donors (Lipinski definition) is 3. The third-order valence-electron chi connectivity index (χ3n) is 3.34. The maximum atomic E-state index is 11.4. The van der Waals surface area contributed by atoms with Crippen LogP contribution in [0, 0.1) is 0 Å². The van der Waals surface area contributed by atoms with Crippen molar-refractivity contribution >= 4 is 41.1 Å². The normalized spacial score (nSPS) is 16.5. The Hall–Kier alpha value is -1.99. The van der Waals surface area contributed by atoms with Crippen LogP contribution >= 0.6 is 23.2 Å². The zero-order chi connectivity index (χ0) is 17.0. The Bertz CT molecular complexity index is 634. The molecule has 2 rings (SSSR count). The summed E-state index contributed by atoms with van der Waals surface area (Å²) in [7, 11) is 0. The summed E-state index contributed by atoms with van der Waals surface area (Å²) in [6, 6.07) is 4.63. The second-order valence-electron chi connectivity index (χ2n) is 5.00. The third-order valence-corrected chi connectivity index (χ3v) is 3.90. The summed E-state index contributed by atoms with van der Waals surface area (Å²) in [4.78, 5) is 28.0. The van der Waals surface area contributed by atoms with E-state index in [1.54, 1.807) is 12.1 Å². The molecule has 23 heavy (non-hydrogen) atoms. The predicted octanol–water partition coefficient (Wildman–Crippen LogP) is 1.51. The van der Waals surface area contributed by atoms with Gasteiger partial charge in [-0.15, -0.1) is 0 Å². The lowest BCUT2D eigenvalue weighted by atomic mass is 10.1. The molecular weight excluding hydrogens is 341 g/mol. The van der Waals surface area contributed by atoms with E-state index in [1.807, 2.05) is 13.0 Å². The molecule has 0 bridgehead atoms. The maximum Gasteiger partial charge on any atom is 0.324 e. The van der Waals surface area contributed by atoms with Crippen molar-refractivity contribution in [1.82, 2.24) is 15.5 Å². The van der Waals surface area contributed by atoms with E-state index in [0.29, 0.717) is 10.0 Å². The molecule has 1 aromatic carbocycles. The van der Waals surface area contributed by atoms with Crippen molar-refractivity contribution in [3.63, 3.8) is 0 Å². The fourth-order valence-electron chi connectivity index (χ4n) is 2.15. The number of hydrogen-bond acceptors (Lipinski definition) is 3. The van der Waals surface area contributed by atoms with Crippen LogP contribution in [-0.2, 0) is 4.79 Å². The molecule has 1 atom stereocenters. The molecule has 0 saturated carbocycles. The highest BCUT2D eigenvalue weighted by atomic mass is 35.5. The molecule has 0 spiro atoms. The minimum absolute atomic E-state index is 0.0301. The number of guanidine groups is 1. The third kappa shape index (κ3) is 4.49. The van der Waals surface area contributed by atoms with Gasteiger partial charge in [-0.25, -0.2) is 4.79 Å². The molecule has 7 nitrogen and oxygen atoms in total. The first kappa shape index (κ1) is 17.4. The lowest BCUT2D eigenvalue weighted by molar-refractivity contribution is -0.124. The number of nitrogens with zero attached hydrogens (tertiary/aromatic N) is 2. The summed E-state index contributed by atoms with van der Waals surface area (Å²) in [5.41, 5.74) is 6.65. The average molecular weight is 358 g/mol. The van der Waals surface area contributed by atoms with Crippen molar-refractivity contribution < 1.29 is 9.59 Å². The molecule has 0 aliphatic carbocycles. The second-order valence-corrected chi connectivity index (χ2v) is 5.85. The van der Waals surface area contributed by atoms with Crippen LogP contribution in [0.1, 0.15) is 18.5 Å². The standard InChI is InChI=1S/C14H17Cl2N5O2/c1-8(10-3-2-9(15)6-11(10)16)20-13(17)18-4-5-21-12(22)7-19-14(21)23/h2-3,6,8H,4-5,7H2,1H3,(H,19,23)(H3,17,18,20). The van der Waals surface area contributed by atoms with Crippen LogP contribution in [0.5, 0.6) is 0 Å². The van der Waals surface area contributed by atoms with Gasteiger partial charge in [0.15, 0.2) is 5.96 Å². The van der Waals surface area contributed by atoms with Gasteiger partial charge in [-0.05, 0) is 24.6 Å². The van der Waals surface area contributed by atoms with Gasteiger partial charge in [0.1, 0.15) is 0 Å². The summed E-state index contributed by atoms with van der Waals surface area (Å²) in [6.07, 6.45) is 0. The molecule has 3 amide bonds. The summed E-state index contributed by atoms with van der Waals surface area (Å²) >= 11 is 12.0. The number of benzene rings is 1. The molecule has 0 radical (unpaired) electrons. The highest BCUT2D eigenvalue weighted by molar-refractivity contribution is 6.35. The van der Waals surface area contributed by atoms with Crippen LogP contribution in [0.3, 0.4) is 0 Å². The second kappa shape index (κ2) is 7.52. The Morgan fingerprint density at radius 2 is 2.22 bits per heavy atom. The van der Waals surface area contributed by atoms with E-state index in [1.165, 1.54) is 0 Å². The number of amides is 3. The van der Waals surface area contributed by atoms with Crippen molar-refractivity contribution in [3.8, 4) is 0 Å². The number of carbonyl (C=O) groups is 2. The number of rotatable bonds is 5. The van der Waals surface area contributed by atoms with Crippen LogP contribution in [0.2, 0.25) is 10.0 Å². The van der Waals surface area contributed by atoms with Gasteiger partial charge in [-0.2, -0.15) is 0 Å². The number of nitrogens with two attached hydrogens (primary N) is 1. The SMILES string of the molecule is CC(NC(N)=NCCN1C(=O)CNC1=O)c1ccc(Cl)cc1Cl. The Morgan fingerprint density at radius 3 is 2.83 bits per heavy atom. The minimum atomic E-state index is -0.405. The van der Waals surface area contributed by atoms with Crippen molar-refractivity contribution in [2.24, 2.45) is 10.7 Å². The van der Waals surface area contributed by atoms with Crippen LogP contribution in [0.25, 0.3) is 0 Å². The number of carbonyl (C=O) groups excluding carboxylic acids is 2. The van der Waals surface area contributed by atoms with Gasteiger partial charge in [-0.1, -0.05) is 29.3 Å². The Balaban J connectivity index is 1.89. The maximum absolute atomic E-state index is 11.4. The number of aliphatic imine (C=N–C) groups is 1. The first-order valence-electron chi connectivity index (χ1n) is 6.98. The zero-order valence-electron chi connectivity index (χ0n) is 12.5. The highest BCUT2D eigenvalue weighted by Gasteiger charge is 2.27. The van der Waals surface area contributed by atoms with Crippen LogP contribution in [0.4, 0.5) is 4.79 Å². The number of halogens is 2. The van der Waals surface area contributed by atoms with E-state index in [4.69, 9.17) is 28.9 Å². The first-order chi connectivity index (χ1) is 10.9. The fourth-order valence-corrected chi connectivity index (χ4v) is 2.72. The quantitative estimate of drug-likeness (QED) is 0.422. The van der Waals surface area contributed by atoms with E-state index >= 15 is 0 Å². The Morgan fingerprint density at radius 1 is 1.48 bits per heavy atom. The lowest BCUT2D eigenvalue weighted by Gasteiger charge is -2.17. The number of imide groups is 1. The van der Waals surface area contributed by atoms with Gasteiger partial charge in [0.05, 0.1) is 25.7 Å². The van der Waals surface area contributed by atoms with Crippen LogP contribution in [-0.4, -0.2) is 42.4 Å². The van der Waals surface area contributed by atoms with Crippen LogP contribution in [0.15, 0.2) is 23.2 Å².